The van der Waals surface area contributed by atoms with Gasteiger partial charge < -0.3 is 4.90 Å². The zero-order chi connectivity index (χ0) is 10.7. The molecule has 0 spiro atoms. The van der Waals surface area contributed by atoms with Crippen LogP contribution in [0.2, 0.25) is 0 Å². The number of hydrogen-bond acceptors (Lipinski definition) is 3. The molecule has 84 valence electrons. The van der Waals surface area contributed by atoms with Gasteiger partial charge >= 0.3 is 0 Å². The topological polar surface area (TPSA) is 6.48 Å². The maximum absolute atomic E-state index is 4.42. The first kappa shape index (κ1) is 11.1. The molecule has 1 heterocycles. The van der Waals surface area contributed by atoms with Crippen LogP contribution in [-0.4, -0.2) is 35.4 Å². The van der Waals surface area contributed by atoms with Crippen LogP contribution in [0.1, 0.15) is 19.8 Å². The fourth-order valence-corrected chi connectivity index (χ4v) is 2.34. The van der Waals surface area contributed by atoms with E-state index in [1.165, 1.54) is 25.1 Å². The quantitative estimate of drug-likeness (QED) is 0.683. The van der Waals surface area contributed by atoms with Crippen LogP contribution < -0.4 is 0 Å². The van der Waals surface area contributed by atoms with Crippen LogP contribution in [0.15, 0.2) is 23.9 Å². The summed E-state index contributed by atoms with van der Waals surface area (Å²) in [6.07, 6.45) is 9.37. The highest BCUT2D eigenvalue weighted by Crippen LogP contribution is 2.20. The molecule has 0 N–H and O–H groups in total. The van der Waals surface area contributed by atoms with Crippen LogP contribution in [0.25, 0.3) is 0 Å². The van der Waals surface area contributed by atoms with Gasteiger partial charge in [0.05, 0.1) is 0 Å². The Kier molecular flexibility index (Phi) is 3.76. The summed E-state index contributed by atoms with van der Waals surface area (Å²) in [5, 5.41) is 0. The van der Waals surface area contributed by atoms with E-state index in [4.69, 9.17) is 0 Å². The van der Waals surface area contributed by atoms with Crippen molar-refractivity contribution in [2.45, 2.75) is 19.8 Å². The molecular formula is C12H20N2S. The molecule has 0 bridgehead atoms. The first-order valence-corrected chi connectivity index (χ1v) is 6.23. The van der Waals surface area contributed by atoms with Gasteiger partial charge in [0, 0.05) is 31.9 Å². The van der Waals surface area contributed by atoms with E-state index in [0.717, 1.165) is 19.6 Å². The minimum absolute atomic E-state index is 0.710. The second-order valence-corrected chi connectivity index (χ2v) is 5.06. The number of hydrogen-bond donors (Lipinski definition) is 1. The molecule has 1 atom stereocenters. The molecule has 1 aliphatic carbocycles. The second-order valence-electron chi connectivity index (χ2n) is 4.50. The fourth-order valence-electron chi connectivity index (χ4n) is 2.11. The molecule has 0 amide bonds. The SMILES string of the molecule is CC1C=CC(N2CCCN(S)CC2)=CC1. The number of allylic oxidation sites excluding steroid dienone is 3. The maximum atomic E-state index is 4.42. The van der Waals surface area contributed by atoms with E-state index in [2.05, 4.69) is 47.2 Å². The van der Waals surface area contributed by atoms with Crippen LogP contribution in [0.3, 0.4) is 0 Å². The average Bonchev–Trinajstić information content (AvgIpc) is 2.44. The van der Waals surface area contributed by atoms with Crippen molar-refractivity contribution < 1.29 is 0 Å². The van der Waals surface area contributed by atoms with E-state index >= 15 is 0 Å². The van der Waals surface area contributed by atoms with Gasteiger partial charge in [-0.15, -0.1) is 0 Å². The molecule has 2 nitrogen and oxygen atoms in total. The highest BCUT2D eigenvalue weighted by Gasteiger charge is 2.15. The Balaban J connectivity index is 1.96. The van der Waals surface area contributed by atoms with Crippen molar-refractivity contribution >= 4 is 12.8 Å². The van der Waals surface area contributed by atoms with Crippen LogP contribution in [0.4, 0.5) is 0 Å². The summed E-state index contributed by atoms with van der Waals surface area (Å²) in [4.78, 5) is 2.48. The monoisotopic (exact) mass is 224 g/mol. The predicted molar refractivity (Wildman–Crippen MR) is 67.8 cm³/mol. The molecule has 3 heteroatoms. The first-order chi connectivity index (χ1) is 7.25. The molecule has 15 heavy (non-hydrogen) atoms. The van der Waals surface area contributed by atoms with Crippen molar-refractivity contribution in [2.75, 3.05) is 26.2 Å². The van der Waals surface area contributed by atoms with E-state index in [1.54, 1.807) is 0 Å². The predicted octanol–water partition coefficient (Wildman–Crippen LogP) is 2.32. The molecule has 1 aliphatic heterocycles. The summed E-state index contributed by atoms with van der Waals surface area (Å²) in [5.41, 5.74) is 1.41. The Labute approximate surface area is 98.2 Å². The van der Waals surface area contributed by atoms with Crippen molar-refractivity contribution in [1.29, 1.82) is 0 Å². The third-order valence-electron chi connectivity index (χ3n) is 3.13. The molecular weight excluding hydrogens is 204 g/mol. The molecule has 0 aromatic heterocycles. The molecule has 0 radical (unpaired) electrons. The Bertz CT molecular complexity index is 273. The van der Waals surface area contributed by atoms with Gasteiger partial charge in [0.15, 0.2) is 0 Å². The van der Waals surface area contributed by atoms with Crippen LogP contribution in [0, 0.1) is 5.92 Å². The van der Waals surface area contributed by atoms with E-state index in [-0.39, 0.29) is 0 Å². The zero-order valence-electron chi connectivity index (χ0n) is 9.39. The van der Waals surface area contributed by atoms with Crippen LogP contribution in [-0.2, 0) is 0 Å². The van der Waals surface area contributed by atoms with E-state index in [9.17, 15) is 0 Å². The summed E-state index contributed by atoms with van der Waals surface area (Å²) in [5.74, 6) is 0.710. The average molecular weight is 224 g/mol. The number of rotatable bonds is 1. The normalized spacial score (nSPS) is 28.8. The van der Waals surface area contributed by atoms with Crippen molar-refractivity contribution in [3.8, 4) is 0 Å². The summed E-state index contributed by atoms with van der Waals surface area (Å²) < 4.78 is 2.12. The molecule has 0 saturated carbocycles. The fraction of sp³-hybridized carbons (Fsp3) is 0.667. The van der Waals surface area contributed by atoms with Crippen molar-refractivity contribution in [3.63, 3.8) is 0 Å². The van der Waals surface area contributed by atoms with Gasteiger partial charge in [-0.3, -0.25) is 4.31 Å². The largest absolute Gasteiger partial charge is 0.370 e. The van der Waals surface area contributed by atoms with Gasteiger partial charge in [0.1, 0.15) is 0 Å². The standard InChI is InChI=1S/C12H20N2S/c1-11-3-5-12(6-4-11)13-7-2-8-14(15)10-9-13/h3,5-6,11,15H,2,4,7-10H2,1H3. The molecule has 1 saturated heterocycles. The van der Waals surface area contributed by atoms with Crippen LogP contribution >= 0.6 is 12.8 Å². The lowest BCUT2D eigenvalue weighted by atomic mass is 10.0. The van der Waals surface area contributed by atoms with Gasteiger partial charge in [0.2, 0.25) is 0 Å². The third kappa shape index (κ3) is 3.02. The summed E-state index contributed by atoms with van der Waals surface area (Å²) in [7, 11) is 0. The van der Waals surface area contributed by atoms with E-state index in [0.29, 0.717) is 5.92 Å². The number of nitrogens with zero attached hydrogens (tertiary/aromatic N) is 2. The van der Waals surface area contributed by atoms with Crippen molar-refractivity contribution in [2.24, 2.45) is 5.92 Å². The van der Waals surface area contributed by atoms with Gasteiger partial charge in [0.25, 0.3) is 0 Å². The highest BCUT2D eigenvalue weighted by atomic mass is 32.1. The van der Waals surface area contributed by atoms with Gasteiger partial charge in [-0.1, -0.05) is 31.9 Å². The second kappa shape index (κ2) is 5.08. The van der Waals surface area contributed by atoms with Crippen molar-refractivity contribution in [1.82, 2.24) is 9.21 Å². The first-order valence-electron chi connectivity index (χ1n) is 5.83. The molecule has 2 rings (SSSR count). The zero-order valence-corrected chi connectivity index (χ0v) is 10.3. The molecule has 1 unspecified atom stereocenters. The Morgan fingerprint density at radius 2 is 2.13 bits per heavy atom. The van der Waals surface area contributed by atoms with E-state index < -0.39 is 0 Å². The van der Waals surface area contributed by atoms with Crippen LogP contribution in [0.5, 0.6) is 0 Å². The summed E-state index contributed by atoms with van der Waals surface area (Å²) in [6.45, 7) is 6.70. The molecule has 2 aliphatic rings. The van der Waals surface area contributed by atoms with Gasteiger partial charge in [-0.05, 0) is 24.8 Å². The maximum Gasteiger partial charge on any atom is 0.0323 e. The lowest BCUT2D eigenvalue weighted by molar-refractivity contribution is 0.367. The molecule has 1 fully saturated rings. The lowest BCUT2D eigenvalue weighted by Crippen LogP contribution is -2.27. The van der Waals surface area contributed by atoms with Gasteiger partial charge in [-0.2, -0.15) is 0 Å². The summed E-state index contributed by atoms with van der Waals surface area (Å²) >= 11 is 4.42. The van der Waals surface area contributed by atoms with Crippen molar-refractivity contribution in [3.05, 3.63) is 23.9 Å². The smallest absolute Gasteiger partial charge is 0.0323 e. The third-order valence-corrected chi connectivity index (χ3v) is 3.53. The summed E-state index contributed by atoms with van der Waals surface area (Å²) in [6, 6.07) is 0. The minimum Gasteiger partial charge on any atom is -0.370 e. The van der Waals surface area contributed by atoms with Gasteiger partial charge in [-0.25, -0.2) is 0 Å². The Morgan fingerprint density at radius 3 is 2.87 bits per heavy atom. The Hall–Kier alpha value is -0.410. The van der Waals surface area contributed by atoms with E-state index in [1.807, 2.05) is 0 Å². The minimum atomic E-state index is 0.710. The Morgan fingerprint density at radius 1 is 1.27 bits per heavy atom. The lowest BCUT2D eigenvalue weighted by Gasteiger charge is -2.26. The number of thiol groups is 1. The molecule has 0 aromatic carbocycles. The molecule has 0 aromatic rings. The highest BCUT2D eigenvalue weighted by molar-refractivity contribution is 7.77.